The summed E-state index contributed by atoms with van der Waals surface area (Å²) in [4.78, 5) is 31.3. The van der Waals surface area contributed by atoms with E-state index in [1.807, 2.05) is 0 Å². The Kier molecular flexibility index (Phi) is 3.36. The molecule has 0 aliphatic carbocycles. The fourth-order valence-corrected chi connectivity index (χ4v) is 2.70. The van der Waals surface area contributed by atoms with Gasteiger partial charge in [0.2, 0.25) is 15.8 Å². The molecule has 0 spiro atoms. The van der Waals surface area contributed by atoms with Crippen molar-refractivity contribution in [3.05, 3.63) is 44.6 Å². The number of aromatic carboxylic acids is 1. The quantitative estimate of drug-likeness (QED) is 0.717. The van der Waals surface area contributed by atoms with Crippen LogP contribution >= 0.6 is 34.7 Å². The number of aromatic nitrogens is 4. The number of carbonyl (C=O) groups is 1. The maximum absolute atomic E-state index is 12.1. The van der Waals surface area contributed by atoms with Crippen molar-refractivity contribution in [1.82, 2.24) is 18.9 Å². The molecule has 0 saturated heterocycles. The highest BCUT2D eigenvalue weighted by molar-refractivity contribution is 7.08. The third-order valence-corrected chi connectivity index (χ3v) is 3.84. The van der Waals surface area contributed by atoms with Gasteiger partial charge in [0.1, 0.15) is 10.7 Å². The summed E-state index contributed by atoms with van der Waals surface area (Å²) in [6.07, 6.45) is 1.13. The van der Waals surface area contributed by atoms with E-state index in [0.717, 1.165) is 17.7 Å². The highest BCUT2D eigenvalue weighted by atomic mass is 35.5. The predicted molar refractivity (Wildman–Crippen MR) is 77.8 cm³/mol. The van der Waals surface area contributed by atoms with Gasteiger partial charge in [0.05, 0.1) is 5.39 Å². The molecule has 1 N–H and O–H groups in total. The molecule has 3 aromatic heterocycles. The Morgan fingerprint density at radius 1 is 1.29 bits per heavy atom. The Balaban J connectivity index is 2.46. The van der Waals surface area contributed by atoms with Crippen LogP contribution in [0.4, 0.5) is 0 Å². The van der Waals surface area contributed by atoms with E-state index in [0.29, 0.717) is 0 Å². The first-order chi connectivity index (χ1) is 9.97. The smallest absolute Gasteiger partial charge is 0.341 e. The maximum Gasteiger partial charge on any atom is 0.341 e. The Labute approximate surface area is 130 Å². The van der Waals surface area contributed by atoms with Crippen molar-refractivity contribution in [1.29, 1.82) is 0 Å². The highest BCUT2D eigenvalue weighted by Gasteiger charge is 2.18. The molecular weight excluding hydrogens is 339 g/mol. The lowest BCUT2D eigenvalue weighted by molar-refractivity contribution is 0.0695. The standard InChI is InChI=1S/C11H4Cl2N4O3S/c12-6-2-1-4-7(18)5(9(19)20)3-17(8(4)14-6)11-15-10(13)16-21-11/h1-3H,(H,19,20). The van der Waals surface area contributed by atoms with Crippen molar-refractivity contribution in [3.63, 3.8) is 0 Å². The Morgan fingerprint density at radius 2 is 2.05 bits per heavy atom. The average molecular weight is 343 g/mol. The number of fused-ring (bicyclic) bond motifs is 1. The third kappa shape index (κ3) is 2.37. The van der Waals surface area contributed by atoms with Gasteiger partial charge in [-0.2, -0.15) is 9.36 Å². The first-order valence-corrected chi connectivity index (χ1v) is 6.95. The van der Waals surface area contributed by atoms with Crippen LogP contribution < -0.4 is 5.43 Å². The van der Waals surface area contributed by atoms with E-state index in [1.165, 1.54) is 16.7 Å². The number of pyridine rings is 2. The summed E-state index contributed by atoms with van der Waals surface area (Å²) >= 11 is 12.5. The lowest BCUT2D eigenvalue weighted by atomic mass is 10.2. The van der Waals surface area contributed by atoms with E-state index >= 15 is 0 Å². The van der Waals surface area contributed by atoms with Crippen molar-refractivity contribution < 1.29 is 9.90 Å². The molecule has 7 nitrogen and oxygen atoms in total. The van der Waals surface area contributed by atoms with Crippen LogP contribution in [0.5, 0.6) is 0 Å². The van der Waals surface area contributed by atoms with Gasteiger partial charge in [-0.25, -0.2) is 9.78 Å². The molecule has 3 aromatic rings. The average Bonchev–Trinajstić information content (AvgIpc) is 2.85. The maximum atomic E-state index is 12.1. The topological polar surface area (TPSA) is 98.0 Å². The molecule has 0 bridgehead atoms. The minimum atomic E-state index is -1.35. The van der Waals surface area contributed by atoms with Gasteiger partial charge in [-0.1, -0.05) is 11.6 Å². The molecule has 3 heterocycles. The molecule has 21 heavy (non-hydrogen) atoms. The second kappa shape index (κ2) is 5.06. The van der Waals surface area contributed by atoms with E-state index in [1.54, 1.807) is 0 Å². The van der Waals surface area contributed by atoms with E-state index in [2.05, 4.69) is 14.3 Å². The van der Waals surface area contributed by atoms with Crippen LogP contribution in [0.15, 0.2) is 23.1 Å². The normalized spacial score (nSPS) is 11.0. The number of rotatable bonds is 2. The van der Waals surface area contributed by atoms with Gasteiger partial charge in [-0.05, 0) is 23.7 Å². The second-order valence-corrected chi connectivity index (χ2v) is 5.35. The number of halogens is 2. The van der Waals surface area contributed by atoms with Gasteiger partial charge in [0.15, 0.2) is 5.65 Å². The van der Waals surface area contributed by atoms with Crippen LogP contribution in [-0.2, 0) is 0 Å². The lowest BCUT2D eigenvalue weighted by Gasteiger charge is -2.08. The van der Waals surface area contributed by atoms with Crippen LogP contribution in [0.1, 0.15) is 10.4 Å². The predicted octanol–water partition coefficient (Wildman–Crippen LogP) is 2.24. The van der Waals surface area contributed by atoms with E-state index < -0.39 is 17.0 Å². The van der Waals surface area contributed by atoms with Crippen molar-refractivity contribution in [2.45, 2.75) is 0 Å². The molecule has 0 aliphatic rings. The number of hydrogen-bond donors (Lipinski definition) is 1. The third-order valence-electron chi connectivity index (χ3n) is 2.64. The second-order valence-electron chi connectivity index (χ2n) is 3.90. The van der Waals surface area contributed by atoms with Gasteiger partial charge in [0, 0.05) is 17.7 Å². The van der Waals surface area contributed by atoms with Gasteiger partial charge < -0.3 is 5.11 Å². The molecule has 10 heteroatoms. The minimum absolute atomic E-state index is 0.0146. The number of hydrogen-bond acceptors (Lipinski definition) is 6. The lowest BCUT2D eigenvalue weighted by Crippen LogP contribution is -2.19. The zero-order valence-electron chi connectivity index (χ0n) is 9.95. The molecule has 0 fully saturated rings. The fourth-order valence-electron chi connectivity index (χ4n) is 1.77. The van der Waals surface area contributed by atoms with Gasteiger partial charge in [-0.15, -0.1) is 0 Å². The van der Waals surface area contributed by atoms with E-state index in [-0.39, 0.29) is 26.6 Å². The zero-order chi connectivity index (χ0) is 15.1. The molecule has 3 rings (SSSR count). The summed E-state index contributed by atoms with van der Waals surface area (Å²) in [5, 5.41) is 9.71. The van der Waals surface area contributed by atoms with Crippen LogP contribution in [0.3, 0.4) is 0 Å². The molecule has 0 radical (unpaired) electrons. The number of carboxylic acid groups (broad SMARTS) is 1. The summed E-state index contributed by atoms with van der Waals surface area (Å²) in [5.74, 6) is -1.35. The molecule has 0 unspecified atom stereocenters. The Bertz CT molecular complexity index is 937. The largest absolute Gasteiger partial charge is 0.477 e. The van der Waals surface area contributed by atoms with Crippen molar-refractivity contribution >= 4 is 51.7 Å². The van der Waals surface area contributed by atoms with Crippen LogP contribution in [-0.4, -0.2) is 30.0 Å². The molecular formula is C11H4Cl2N4O3S. The van der Waals surface area contributed by atoms with Gasteiger partial charge in [-0.3, -0.25) is 9.36 Å². The van der Waals surface area contributed by atoms with Crippen molar-refractivity contribution in [2.75, 3.05) is 0 Å². The fraction of sp³-hybridized carbons (Fsp3) is 0. The summed E-state index contributed by atoms with van der Waals surface area (Å²) < 4.78 is 5.14. The molecule has 0 aliphatic heterocycles. The molecule has 0 saturated carbocycles. The molecule has 106 valence electrons. The molecule has 0 amide bonds. The monoisotopic (exact) mass is 342 g/mol. The summed E-state index contributed by atoms with van der Waals surface area (Å²) in [6.45, 7) is 0. The summed E-state index contributed by atoms with van der Waals surface area (Å²) in [7, 11) is 0. The Morgan fingerprint density at radius 3 is 2.67 bits per heavy atom. The minimum Gasteiger partial charge on any atom is -0.477 e. The first-order valence-electron chi connectivity index (χ1n) is 5.42. The number of nitrogens with zero attached hydrogens (tertiary/aromatic N) is 4. The first kappa shape index (κ1) is 13.9. The molecule has 0 aromatic carbocycles. The van der Waals surface area contributed by atoms with E-state index in [9.17, 15) is 9.59 Å². The highest BCUT2D eigenvalue weighted by Crippen LogP contribution is 2.20. The SMILES string of the molecule is O=C(O)c1cn(-c2nc(Cl)ns2)c2nc(Cl)ccc2c1=O. The molecule has 0 atom stereocenters. The van der Waals surface area contributed by atoms with E-state index in [4.69, 9.17) is 28.3 Å². The van der Waals surface area contributed by atoms with Crippen LogP contribution in [0.2, 0.25) is 10.4 Å². The van der Waals surface area contributed by atoms with Crippen molar-refractivity contribution in [3.8, 4) is 5.13 Å². The number of carboxylic acids is 1. The zero-order valence-corrected chi connectivity index (χ0v) is 12.3. The van der Waals surface area contributed by atoms with Crippen molar-refractivity contribution in [2.24, 2.45) is 0 Å². The summed E-state index contributed by atoms with van der Waals surface area (Å²) in [5.41, 5.74) is -0.864. The van der Waals surface area contributed by atoms with Gasteiger partial charge >= 0.3 is 5.97 Å². The Hall–Kier alpha value is -2.03. The van der Waals surface area contributed by atoms with Crippen LogP contribution in [0.25, 0.3) is 16.2 Å². The van der Waals surface area contributed by atoms with Gasteiger partial charge in [0.25, 0.3) is 0 Å². The summed E-state index contributed by atoms with van der Waals surface area (Å²) in [6, 6.07) is 2.83. The van der Waals surface area contributed by atoms with Crippen LogP contribution in [0, 0.1) is 0 Å².